The summed E-state index contributed by atoms with van der Waals surface area (Å²) in [6, 6.07) is -1.39. The standard InChI is InChI=1S/C12H18N2O6/c1-12(2,3)20-11(19)13-7(10(17)18)6-14-8(15)4-5-9(14)16/h7H,4-6H2,1-3H3,(H,13,19)(H,17,18). The third-order valence-corrected chi connectivity index (χ3v) is 2.51. The molecule has 0 saturated carbocycles. The van der Waals surface area contributed by atoms with Crippen molar-refractivity contribution >= 4 is 23.9 Å². The molecule has 0 bridgehead atoms. The number of carboxylic acid groups (broad SMARTS) is 1. The van der Waals surface area contributed by atoms with Crippen molar-refractivity contribution in [1.82, 2.24) is 10.2 Å². The van der Waals surface area contributed by atoms with E-state index in [-0.39, 0.29) is 12.8 Å². The maximum Gasteiger partial charge on any atom is 0.408 e. The van der Waals surface area contributed by atoms with Crippen LogP contribution >= 0.6 is 0 Å². The largest absolute Gasteiger partial charge is 0.480 e. The Morgan fingerprint density at radius 1 is 1.30 bits per heavy atom. The Morgan fingerprint density at radius 2 is 1.80 bits per heavy atom. The van der Waals surface area contributed by atoms with Crippen LogP contribution in [0, 0.1) is 0 Å². The van der Waals surface area contributed by atoms with Gasteiger partial charge >= 0.3 is 12.1 Å². The number of nitrogens with zero attached hydrogens (tertiary/aromatic N) is 1. The maximum absolute atomic E-state index is 11.5. The molecule has 112 valence electrons. The molecule has 3 amide bonds. The lowest BCUT2D eigenvalue weighted by Crippen LogP contribution is -2.50. The smallest absolute Gasteiger partial charge is 0.408 e. The minimum absolute atomic E-state index is 0.0671. The molecule has 8 nitrogen and oxygen atoms in total. The number of carbonyl (C=O) groups is 4. The van der Waals surface area contributed by atoms with E-state index in [4.69, 9.17) is 9.84 Å². The Hall–Kier alpha value is -2.12. The molecule has 0 aromatic carbocycles. The van der Waals surface area contributed by atoms with E-state index in [2.05, 4.69) is 5.32 Å². The predicted octanol–water partition coefficient (Wildman–Crippen LogP) is 0.113. The molecule has 0 aliphatic carbocycles. The van der Waals surface area contributed by atoms with E-state index < -0.39 is 42.1 Å². The van der Waals surface area contributed by atoms with Gasteiger partial charge in [-0.15, -0.1) is 0 Å². The minimum atomic E-state index is -1.39. The van der Waals surface area contributed by atoms with E-state index in [0.717, 1.165) is 4.90 Å². The fraction of sp³-hybridized carbons (Fsp3) is 0.667. The summed E-state index contributed by atoms with van der Waals surface area (Å²) < 4.78 is 4.93. The maximum atomic E-state index is 11.5. The van der Waals surface area contributed by atoms with Gasteiger partial charge in [-0.2, -0.15) is 0 Å². The average Bonchev–Trinajstić information content (AvgIpc) is 2.56. The van der Waals surface area contributed by atoms with E-state index in [0.29, 0.717) is 0 Å². The van der Waals surface area contributed by atoms with Gasteiger partial charge < -0.3 is 15.2 Å². The number of nitrogens with one attached hydrogen (secondary N) is 1. The number of aliphatic carboxylic acids is 1. The Bertz CT molecular complexity index is 424. The first kappa shape index (κ1) is 15.9. The third-order valence-electron chi connectivity index (χ3n) is 2.51. The lowest BCUT2D eigenvalue weighted by molar-refractivity contribution is -0.143. The van der Waals surface area contributed by atoms with Crippen molar-refractivity contribution in [3.63, 3.8) is 0 Å². The van der Waals surface area contributed by atoms with Gasteiger partial charge in [0, 0.05) is 12.8 Å². The first-order valence-corrected chi connectivity index (χ1v) is 6.15. The number of hydrogen-bond donors (Lipinski definition) is 2. The number of imide groups is 1. The fourth-order valence-corrected chi connectivity index (χ4v) is 1.64. The van der Waals surface area contributed by atoms with Gasteiger partial charge in [0.25, 0.3) is 0 Å². The molecule has 2 N–H and O–H groups in total. The van der Waals surface area contributed by atoms with Gasteiger partial charge in [0.05, 0.1) is 6.54 Å². The summed E-state index contributed by atoms with van der Waals surface area (Å²) in [5.41, 5.74) is -0.771. The van der Waals surface area contributed by atoms with E-state index in [1.54, 1.807) is 20.8 Å². The monoisotopic (exact) mass is 286 g/mol. The molecular weight excluding hydrogens is 268 g/mol. The highest BCUT2D eigenvalue weighted by Crippen LogP contribution is 2.12. The zero-order valence-corrected chi connectivity index (χ0v) is 11.6. The van der Waals surface area contributed by atoms with Gasteiger partial charge in [-0.05, 0) is 20.8 Å². The van der Waals surface area contributed by atoms with Crippen LogP contribution in [0.3, 0.4) is 0 Å². The molecule has 8 heteroatoms. The molecule has 1 heterocycles. The molecule has 0 aromatic heterocycles. The third kappa shape index (κ3) is 4.52. The topological polar surface area (TPSA) is 113 Å². The van der Waals surface area contributed by atoms with Gasteiger partial charge in [-0.1, -0.05) is 0 Å². The fourth-order valence-electron chi connectivity index (χ4n) is 1.64. The zero-order chi connectivity index (χ0) is 15.5. The van der Waals surface area contributed by atoms with Crippen molar-refractivity contribution in [1.29, 1.82) is 0 Å². The van der Waals surface area contributed by atoms with Gasteiger partial charge in [0.15, 0.2) is 0 Å². The van der Waals surface area contributed by atoms with E-state index >= 15 is 0 Å². The number of carbonyl (C=O) groups excluding carboxylic acids is 3. The van der Waals surface area contributed by atoms with E-state index in [9.17, 15) is 19.2 Å². The Kier molecular flexibility index (Phi) is 4.69. The van der Waals surface area contributed by atoms with Gasteiger partial charge in [0.1, 0.15) is 11.6 Å². The van der Waals surface area contributed by atoms with Crippen molar-refractivity contribution in [3.05, 3.63) is 0 Å². The highest BCUT2D eigenvalue weighted by molar-refractivity contribution is 6.02. The van der Waals surface area contributed by atoms with Crippen LogP contribution in [0.1, 0.15) is 33.6 Å². The van der Waals surface area contributed by atoms with Crippen LogP contribution in [0.5, 0.6) is 0 Å². The Morgan fingerprint density at radius 3 is 2.20 bits per heavy atom. The summed E-state index contributed by atoms with van der Waals surface area (Å²) >= 11 is 0. The molecular formula is C12H18N2O6. The molecule has 1 saturated heterocycles. The summed E-state index contributed by atoms with van der Waals surface area (Å²) in [6.07, 6.45) is -0.779. The summed E-state index contributed by atoms with van der Waals surface area (Å²) in [6.45, 7) is 4.51. The lowest BCUT2D eigenvalue weighted by Gasteiger charge is -2.23. The minimum Gasteiger partial charge on any atom is -0.480 e. The van der Waals surface area contributed by atoms with Crippen LogP contribution < -0.4 is 5.32 Å². The molecule has 1 rings (SSSR count). The number of rotatable bonds is 4. The number of hydrogen-bond acceptors (Lipinski definition) is 5. The summed E-state index contributed by atoms with van der Waals surface area (Å²) in [5.74, 6) is -2.22. The number of likely N-dealkylation sites (tertiary alicyclic amines) is 1. The molecule has 1 atom stereocenters. The second-order valence-corrected chi connectivity index (χ2v) is 5.44. The first-order valence-electron chi connectivity index (χ1n) is 6.15. The highest BCUT2D eigenvalue weighted by atomic mass is 16.6. The summed E-state index contributed by atoms with van der Waals surface area (Å²) in [7, 11) is 0. The zero-order valence-electron chi connectivity index (χ0n) is 11.6. The van der Waals surface area contributed by atoms with Crippen molar-refractivity contribution in [3.8, 4) is 0 Å². The second-order valence-electron chi connectivity index (χ2n) is 5.44. The predicted molar refractivity (Wildman–Crippen MR) is 66.7 cm³/mol. The highest BCUT2D eigenvalue weighted by Gasteiger charge is 2.34. The molecule has 0 aromatic rings. The molecule has 1 fully saturated rings. The molecule has 1 aliphatic heterocycles. The van der Waals surface area contributed by atoms with Crippen molar-refractivity contribution in [2.24, 2.45) is 0 Å². The van der Waals surface area contributed by atoms with Crippen LogP contribution in [-0.2, 0) is 19.1 Å². The average molecular weight is 286 g/mol. The molecule has 1 aliphatic rings. The van der Waals surface area contributed by atoms with Crippen molar-refractivity contribution in [2.75, 3.05) is 6.54 Å². The Balaban J connectivity index is 2.66. The first-order chi connectivity index (χ1) is 9.10. The van der Waals surface area contributed by atoms with Crippen molar-refractivity contribution in [2.45, 2.75) is 45.3 Å². The summed E-state index contributed by atoms with van der Waals surface area (Å²) in [4.78, 5) is 46.3. The normalized spacial score (nSPS) is 17.1. The van der Waals surface area contributed by atoms with Gasteiger partial charge in [-0.25, -0.2) is 9.59 Å². The number of carboxylic acids is 1. The van der Waals surface area contributed by atoms with Gasteiger partial charge in [-0.3, -0.25) is 14.5 Å². The SMILES string of the molecule is CC(C)(C)OC(=O)NC(CN1C(=O)CCC1=O)C(=O)O. The van der Waals surface area contributed by atoms with E-state index in [1.807, 2.05) is 0 Å². The number of alkyl carbamates (subject to hydrolysis) is 1. The molecule has 0 spiro atoms. The number of ether oxygens (including phenoxy) is 1. The van der Waals surface area contributed by atoms with Crippen LogP contribution in [0.2, 0.25) is 0 Å². The van der Waals surface area contributed by atoms with Crippen LogP contribution in [0.4, 0.5) is 4.79 Å². The van der Waals surface area contributed by atoms with Crippen LogP contribution in [-0.4, -0.2) is 52.1 Å². The second kappa shape index (κ2) is 5.89. The van der Waals surface area contributed by atoms with E-state index in [1.165, 1.54) is 0 Å². The summed E-state index contributed by atoms with van der Waals surface area (Å²) in [5, 5.41) is 11.2. The van der Waals surface area contributed by atoms with Crippen molar-refractivity contribution < 1.29 is 29.0 Å². The van der Waals surface area contributed by atoms with Crippen LogP contribution in [0.25, 0.3) is 0 Å². The quantitative estimate of drug-likeness (QED) is 0.709. The number of amides is 3. The van der Waals surface area contributed by atoms with Gasteiger partial charge in [0.2, 0.25) is 11.8 Å². The molecule has 1 unspecified atom stereocenters. The molecule has 0 radical (unpaired) electrons. The molecule has 20 heavy (non-hydrogen) atoms. The lowest BCUT2D eigenvalue weighted by atomic mass is 10.2. The van der Waals surface area contributed by atoms with Crippen LogP contribution in [0.15, 0.2) is 0 Å². The Labute approximate surface area is 116 Å².